The molecule has 0 radical (unpaired) electrons. The third-order valence-electron chi connectivity index (χ3n) is 3.11. The molecule has 1 heterocycles. The van der Waals surface area contributed by atoms with Gasteiger partial charge >= 0.3 is 0 Å². The maximum Gasteiger partial charge on any atom is 0.228 e. The minimum atomic E-state index is -0.599. The van der Waals surface area contributed by atoms with Crippen LogP contribution in [0.2, 0.25) is 0 Å². The Bertz CT molecular complexity index is 519. The molecule has 2 atom stereocenters. The maximum absolute atomic E-state index is 13.1. The number of halogens is 1. The van der Waals surface area contributed by atoms with Gasteiger partial charge in [-0.1, -0.05) is 6.07 Å². The Labute approximate surface area is 110 Å². The van der Waals surface area contributed by atoms with E-state index in [1.165, 1.54) is 18.2 Å². The molecule has 0 spiro atoms. The van der Waals surface area contributed by atoms with Crippen molar-refractivity contribution in [1.82, 2.24) is 5.32 Å². The van der Waals surface area contributed by atoms with Crippen molar-refractivity contribution in [3.63, 3.8) is 0 Å². The van der Waals surface area contributed by atoms with Gasteiger partial charge in [0.15, 0.2) is 0 Å². The second-order valence-electron chi connectivity index (χ2n) is 4.68. The fourth-order valence-corrected chi connectivity index (χ4v) is 2.07. The van der Waals surface area contributed by atoms with Crippen molar-refractivity contribution in [2.45, 2.75) is 25.3 Å². The number of benzene rings is 1. The topological polar surface area (TPSA) is 84.2 Å². The van der Waals surface area contributed by atoms with Crippen LogP contribution < -0.4 is 16.4 Å². The first-order chi connectivity index (χ1) is 9.01. The predicted octanol–water partition coefficient (Wildman–Crippen LogP) is 0.715. The Balaban J connectivity index is 2.27. The highest BCUT2D eigenvalue weighted by molar-refractivity contribution is 6.01. The Morgan fingerprint density at radius 1 is 1.63 bits per heavy atom. The molecule has 5 nitrogen and oxygen atoms in total. The van der Waals surface area contributed by atoms with Crippen LogP contribution in [0.1, 0.15) is 24.8 Å². The first kappa shape index (κ1) is 13.5. The summed E-state index contributed by atoms with van der Waals surface area (Å²) in [5.41, 5.74) is 6.43. The van der Waals surface area contributed by atoms with Crippen molar-refractivity contribution in [2.75, 3.05) is 11.9 Å². The van der Waals surface area contributed by atoms with Crippen LogP contribution in [-0.2, 0) is 9.59 Å². The van der Waals surface area contributed by atoms with Crippen LogP contribution in [0.5, 0.6) is 0 Å². The Hall–Kier alpha value is -1.95. The second kappa shape index (κ2) is 5.36. The van der Waals surface area contributed by atoms with E-state index in [0.717, 1.165) is 0 Å². The van der Waals surface area contributed by atoms with Gasteiger partial charge in [-0.3, -0.25) is 9.59 Å². The van der Waals surface area contributed by atoms with Gasteiger partial charge in [0, 0.05) is 24.7 Å². The first-order valence-corrected chi connectivity index (χ1v) is 6.11. The SMILES string of the molecule is C[C@@H](CN)NC(=O)C1CC(=O)Nc2cc(F)ccc21. The summed E-state index contributed by atoms with van der Waals surface area (Å²) in [7, 11) is 0. The van der Waals surface area contributed by atoms with Gasteiger partial charge in [-0.15, -0.1) is 0 Å². The average Bonchev–Trinajstić information content (AvgIpc) is 2.36. The zero-order valence-electron chi connectivity index (χ0n) is 10.6. The van der Waals surface area contributed by atoms with E-state index >= 15 is 0 Å². The van der Waals surface area contributed by atoms with E-state index in [9.17, 15) is 14.0 Å². The van der Waals surface area contributed by atoms with Crippen molar-refractivity contribution in [2.24, 2.45) is 5.73 Å². The molecule has 1 aliphatic rings. The summed E-state index contributed by atoms with van der Waals surface area (Å²) in [6.45, 7) is 2.10. The molecule has 1 aromatic rings. The zero-order valence-corrected chi connectivity index (χ0v) is 10.6. The van der Waals surface area contributed by atoms with Gasteiger partial charge in [-0.2, -0.15) is 0 Å². The third-order valence-corrected chi connectivity index (χ3v) is 3.11. The number of hydrogen-bond acceptors (Lipinski definition) is 3. The molecule has 0 saturated heterocycles. The summed E-state index contributed by atoms with van der Waals surface area (Å²) in [5.74, 6) is -1.60. The predicted molar refractivity (Wildman–Crippen MR) is 69.0 cm³/mol. The van der Waals surface area contributed by atoms with E-state index in [1.54, 1.807) is 6.92 Å². The molecule has 1 aliphatic heterocycles. The van der Waals surface area contributed by atoms with Gasteiger partial charge < -0.3 is 16.4 Å². The molecule has 6 heteroatoms. The number of rotatable bonds is 3. The minimum absolute atomic E-state index is 0.0573. The van der Waals surface area contributed by atoms with Crippen LogP contribution in [0, 0.1) is 5.82 Å². The van der Waals surface area contributed by atoms with Crippen LogP contribution in [0.3, 0.4) is 0 Å². The lowest BCUT2D eigenvalue weighted by molar-refractivity contribution is -0.126. The fourth-order valence-electron chi connectivity index (χ4n) is 2.07. The van der Waals surface area contributed by atoms with Crippen LogP contribution in [0.25, 0.3) is 0 Å². The summed E-state index contributed by atoms with van der Waals surface area (Å²) in [5, 5.41) is 5.31. The molecule has 0 saturated carbocycles. The normalized spacial score (nSPS) is 19.3. The molecule has 0 fully saturated rings. The molecule has 19 heavy (non-hydrogen) atoms. The standard InChI is InChI=1S/C13H16FN3O2/c1-7(6-15)16-13(19)10-5-12(18)17-11-4-8(14)2-3-9(10)11/h2-4,7,10H,5-6,15H2,1H3,(H,16,19)(H,17,18)/t7-,10?/m0/s1. The van der Waals surface area contributed by atoms with E-state index in [4.69, 9.17) is 5.73 Å². The zero-order chi connectivity index (χ0) is 14.0. The summed E-state index contributed by atoms with van der Waals surface area (Å²) in [6, 6.07) is 3.87. The van der Waals surface area contributed by atoms with Crippen LogP contribution in [-0.4, -0.2) is 24.4 Å². The monoisotopic (exact) mass is 265 g/mol. The van der Waals surface area contributed by atoms with Gasteiger partial charge in [0.05, 0.1) is 5.92 Å². The van der Waals surface area contributed by atoms with E-state index < -0.39 is 11.7 Å². The molecule has 102 valence electrons. The number of amides is 2. The van der Waals surface area contributed by atoms with E-state index in [-0.39, 0.29) is 24.3 Å². The van der Waals surface area contributed by atoms with Crippen molar-refractivity contribution < 1.29 is 14.0 Å². The quantitative estimate of drug-likeness (QED) is 0.752. The number of fused-ring (bicyclic) bond motifs is 1. The summed E-state index contributed by atoms with van der Waals surface area (Å²) < 4.78 is 13.1. The molecule has 4 N–H and O–H groups in total. The Morgan fingerprint density at radius 2 is 2.37 bits per heavy atom. The van der Waals surface area contributed by atoms with Crippen LogP contribution in [0.4, 0.5) is 10.1 Å². The molecule has 0 aliphatic carbocycles. The van der Waals surface area contributed by atoms with Gasteiger partial charge in [-0.25, -0.2) is 4.39 Å². The average molecular weight is 265 g/mol. The van der Waals surface area contributed by atoms with Crippen molar-refractivity contribution in [1.29, 1.82) is 0 Å². The van der Waals surface area contributed by atoms with Crippen LogP contribution in [0.15, 0.2) is 18.2 Å². The molecule has 2 amide bonds. The Morgan fingerprint density at radius 3 is 3.05 bits per heavy atom. The first-order valence-electron chi connectivity index (χ1n) is 6.11. The third kappa shape index (κ3) is 2.90. The molecule has 2 rings (SSSR count). The molecule has 0 bridgehead atoms. The highest BCUT2D eigenvalue weighted by Gasteiger charge is 2.31. The molecule has 1 unspecified atom stereocenters. The van der Waals surface area contributed by atoms with Gasteiger partial charge in [0.2, 0.25) is 11.8 Å². The fraction of sp³-hybridized carbons (Fsp3) is 0.385. The van der Waals surface area contributed by atoms with Gasteiger partial charge in [0.1, 0.15) is 5.82 Å². The molecular weight excluding hydrogens is 249 g/mol. The van der Waals surface area contributed by atoms with E-state index in [2.05, 4.69) is 10.6 Å². The smallest absolute Gasteiger partial charge is 0.228 e. The highest BCUT2D eigenvalue weighted by Crippen LogP contribution is 2.32. The van der Waals surface area contributed by atoms with Crippen molar-refractivity contribution in [3.05, 3.63) is 29.6 Å². The number of anilines is 1. The number of carbonyl (C=O) groups is 2. The van der Waals surface area contributed by atoms with E-state index in [1.807, 2.05) is 0 Å². The van der Waals surface area contributed by atoms with Crippen LogP contribution >= 0.6 is 0 Å². The largest absolute Gasteiger partial charge is 0.352 e. The number of nitrogens with one attached hydrogen (secondary N) is 2. The lowest BCUT2D eigenvalue weighted by Crippen LogP contribution is -2.42. The Kier molecular flexibility index (Phi) is 3.80. The summed E-state index contributed by atoms with van der Waals surface area (Å²) in [6.07, 6.45) is 0.0573. The highest BCUT2D eigenvalue weighted by atomic mass is 19.1. The van der Waals surface area contributed by atoms with Gasteiger partial charge in [-0.05, 0) is 24.6 Å². The number of hydrogen-bond donors (Lipinski definition) is 3. The summed E-state index contributed by atoms with van der Waals surface area (Å²) >= 11 is 0. The van der Waals surface area contributed by atoms with E-state index in [0.29, 0.717) is 17.8 Å². The summed E-state index contributed by atoms with van der Waals surface area (Å²) in [4.78, 5) is 23.7. The minimum Gasteiger partial charge on any atom is -0.352 e. The molecular formula is C13H16FN3O2. The van der Waals surface area contributed by atoms with Crippen molar-refractivity contribution >= 4 is 17.5 Å². The van der Waals surface area contributed by atoms with Gasteiger partial charge in [0.25, 0.3) is 0 Å². The number of nitrogens with two attached hydrogens (primary N) is 1. The molecule has 1 aromatic carbocycles. The lowest BCUT2D eigenvalue weighted by Gasteiger charge is -2.26. The molecule has 0 aromatic heterocycles. The lowest BCUT2D eigenvalue weighted by atomic mass is 9.89. The number of carbonyl (C=O) groups excluding carboxylic acids is 2. The second-order valence-corrected chi connectivity index (χ2v) is 4.68. The maximum atomic E-state index is 13.1. The van der Waals surface area contributed by atoms with Crippen molar-refractivity contribution in [3.8, 4) is 0 Å².